The van der Waals surface area contributed by atoms with Gasteiger partial charge in [0.1, 0.15) is 5.75 Å². The molecular weight excluding hydrogens is 312 g/mol. The summed E-state index contributed by atoms with van der Waals surface area (Å²) in [5.41, 5.74) is 0.430. The summed E-state index contributed by atoms with van der Waals surface area (Å²) in [6, 6.07) is 6.11. The normalized spacial score (nSPS) is 10.2. The maximum absolute atomic E-state index is 11.9. The first-order chi connectivity index (χ1) is 11.4. The smallest absolute Gasteiger partial charge is 0.434 e. The molecule has 0 aromatic heterocycles. The fourth-order valence-corrected chi connectivity index (χ4v) is 1.84. The van der Waals surface area contributed by atoms with Gasteiger partial charge in [0, 0.05) is 25.1 Å². The summed E-state index contributed by atoms with van der Waals surface area (Å²) in [4.78, 5) is 34.6. The topological polar surface area (TPSA) is 93.7 Å². The number of carbonyl (C=O) groups excluding carboxylic acids is 3. The van der Waals surface area contributed by atoms with Gasteiger partial charge in [-0.15, -0.1) is 0 Å². The van der Waals surface area contributed by atoms with Crippen LogP contribution < -0.4 is 15.4 Å². The lowest BCUT2D eigenvalue weighted by Gasteiger charge is -2.09. The van der Waals surface area contributed by atoms with Crippen LogP contribution in [0.3, 0.4) is 0 Å². The van der Waals surface area contributed by atoms with Crippen molar-refractivity contribution in [3.05, 3.63) is 29.8 Å². The molecule has 1 aromatic rings. The molecule has 0 saturated carbocycles. The Morgan fingerprint density at radius 2 is 1.67 bits per heavy atom. The Morgan fingerprint density at radius 1 is 1.04 bits per heavy atom. The molecule has 0 aliphatic rings. The van der Waals surface area contributed by atoms with Gasteiger partial charge in [-0.1, -0.05) is 13.8 Å². The standard InChI is InChI=1S/C17H24N2O5/c1-4-23-17(22)24-14-7-5-13(6-8-14)16(21)19-10-9-18-15(20)11-12(2)3/h5-8,12H,4,9-11H2,1-3H3,(H,18,20)(H,19,21). The Hall–Kier alpha value is -2.57. The molecule has 0 aliphatic carbocycles. The molecule has 24 heavy (non-hydrogen) atoms. The third kappa shape index (κ3) is 7.62. The second-order valence-electron chi connectivity index (χ2n) is 5.51. The second-order valence-corrected chi connectivity index (χ2v) is 5.51. The van der Waals surface area contributed by atoms with Crippen LogP contribution in [0.15, 0.2) is 24.3 Å². The molecule has 0 unspecified atom stereocenters. The number of benzene rings is 1. The van der Waals surface area contributed by atoms with Gasteiger partial charge in [0.2, 0.25) is 5.91 Å². The molecule has 2 amide bonds. The Labute approximate surface area is 141 Å². The fraction of sp³-hybridized carbons (Fsp3) is 0.471. The summed E-state index contributed by atoms with van der Waals surface area (Å²) < 4.78 is 9.56. The number of ether oxygens (including phenoxy) is 2. The number of carbonyl (C=O) groups is 3. The minimum absolute atomic E-state index is 0.0280. The van der Waals surface area contributed by atoms with E-state index in [0.29, 0.717) is 36.7 Å². The van der Waals surface area contributed by atoms with Gasteiger partial charge in [0.15, 0.2) is 0 Å². The van der Waals surface area contributed by atoms with Crippen molar-refractivity contribution >= 4 is 18.0 Å². The van der Waals surface area contributed by atoms with Gasteiger partial charge in [0.05, 0.1) is 6.61 Å². The van der Waals surface area contributed by atoms with Crippen molar-refractivity contribution in [1.29, 1.82) is 0 Å². The predicted octanol–water partition coefficient (Wildman–Crippen LogP) is 2.11. The van der Waals surface area contributed by atoms with Gasteiger partial charge < -0.3 is 20.1 Å². The summed E-state index contributed by atoms with van der Waals surface area (Å²) in [6.07, 6.45) is -0.317. The summed E-state index contributed by atoms with van der Waals surface area (Å²) in [7, 11) is 0. The maximum atomic E-state index is 11.9. The second kappa shape index (κ2) is 10.3. The van der Waals surface area contributed by atoms with E-state index in [1.807, 2.05) is 13.8 Å². The van der Waals surface area contributed by atoms with Crippen LogP contribution in [0.1, 0.15) is 37.6 Å². The highest BCUT2D eigenvalue weighted by atomic mass is 16.7. The largest absolute Gasteiger partial charge is 0.513 e. The van der Waals surface area contributed by atoms with E-state index >= 15 is 0 Å². The van der Waals surface area contributed by atoms with Crippen molar-refractivity contribution in [2.75, 3.05) is 19.7 Å². The highest BCUT2D eigenvalue weighted by Crippen LogP contribution is 2.12. The van der Waals surface area contributed by atoms with Crippen molar-refractivity contribution in [3.63, 3.8) is 0 Å². The molecule has 0 aliphatic heterocycles. The molecular formula is C17H24N2O5. The lowest BCUT2D eigenvalue weighted by Crippen LogP contribution is -2.35. The van der Waals surface area contributed by atoms with Gasteiger partial charge in [0.25, 0.3) is 5.91 Å². The van der Waals surface area contributed by atoms with Crippen molar-refractivity contribution < 1.29 is 23.9 Å². The average Bonchev–Trinajstić information content (AvgIpc) is 2.51. The molecule has 7 heteroatoms. The molecule has 0 spiro atoms. The van der Waals surface area contributed by atoms with E-state index in [1.165, 1.54) is 12.1 Å². The fourth-order valence-electron chi connectivity index (χ4n) is 1.84. The van der Waals surface area contributed by atoms with Crippen LogP contribution in [0.5, 0.6) is 5.75 Å². The molecule has 7 nitrogen and oxygen atoms in total. The number of rotatable bonds is 8. The highest BCUT2D eigenvalue weighted by molar-refractivity contribution is 5.94. The van der Waals surface area contributed by atoms with Gasteiger partial charge in [-0.2, -0.15) is 0 Å². The molecule has 0 atom stereocenters. The SMILES string of the molecule is CCOC(=O)Oc1ccc(C(=O)NCCNC(=O)CC(C)C)cc1. The van der Waals surface area contributed by atoms with Crippen molar-refractivity contribution in [2.24, 2.45) is 5.92 Å². The molecule has 0 heterocycles. The first-order valence-electron chi connectivity index (χ1n) is 7.92. The minimum atomic E-state index is -0.785. The van der Waals surface area contributed by atoms with E-state index in [9.17, 15) is 14.4 Å². The zero-order valence-corrected chi connectivity index (χ0v) is 14.3. The van der Waals surface area contributed by atoms with E-state index in [0.717, 1.165) is 0 Å². The third-order valence-corrected chi connectivity index (χ3v) is 2.91. The minimum Gasteiger partial charge on any atom is -0.434 e. The average molecular weight is 336 g/mol. The van der Waals surface area contributed by atoms with Crippen LogP contribution in [-0.2, 0) is 9.53 Å². The molecule has 0 saturated heterocycles. The number of nitrogens with one attached hydrogen (secondary N) is 2. The molecule has 0 bridgehead atoms. The zero-order valence-electron chi connectivity index (χ0n) is 14.3. The van der Waals surface area contributed by atoms with Crippen LogP contribution in [-0.4, -0.2) is 37.7 Å². The first kappa shape index (κ1) is 19.5. The summed E-state index contributed by atoms with van der Waals surface area (Å²) in [6.45, 7) is 6.56. The molecule has 132 valence electrons. The van der Waals surface area contributed by atoms with E-state index in [4.69, 9.17) is 4.74 Å². The quantitative estimate of drug-likeness (QED) is 0.431. The van der Waals surface area contributed by atoms with Crippen LogP contribution in [0, 0.1) is 5.92 Å². The van der Waals surface area contributed by atoms with E-state index in [2.05, 4.69) is 15.4 Å². The van der Waals surface area contributed by atoms with Crippen LogP contribution in [0.2, 0.25) is 0 Å². The summed E-state index contributed by atoms with van der Waals surface area (Å²) in [5, 5.41) is 5.44. The van der Waals surface area contributed by atoms with Crippen molar-refractivity contribution in [1.82, 2.24) is 10.6 Å². The predicted molar refractivity (Wildman–Crippen MR) is 88.9 cm³/mol. The van der Waals surface area contributed by atoms with Crippen molar-refractivity contribution in [2.45, 2.75) is 27.2 Å². The van der Waals surface area contributed by atoms with Gasteiger partial charge in [-0.05, 0) is 37.1 Å². The first-order valence-corrected chi connectivity index (χ1v) is 7.92. The van der Waals surface area contributed by atoms with Gasteiger partial charge in [-0.3, -0.25) is 9.59 Å². The maximum Gasteiger partial charge on any atom is 0.513 e. The van der Waals surface area contributed by atoms with Crippen molar-refractivity contribution in [3.8, 4) is 5.75 Å². The van der Waals surface area contributed by atoms with E-state index < -0.39 is 6.16 Å². The molecule has 2 N–H and O–H groups in total. The Balaban J connectivity index is 2.35. The number of amides is 2. The summed E-state index contributed by atoms with van der Waals surface area (Å²) >= 11 is 0. The molecule has 1 rings (SSSR count). The highest BCUT2D eigenvalue weighted by Gasteiger charge is 2.08. The van der Waals surface area contributed by atoms with Gasteiger partial charge >= 0.3 is 6.16 Å². The Bertz CT molecular complexity index is 555. The van der Waals surface area contributed by atoms with Crippen LogP contribution >= 0.6 is 0 Å². The van der Waals surface area contributed by atoms with Gasteiger partial charge in [-0.25, -0.2) is 4.79 Å². The number of hydrogen-bond acceptors (Lipinski definition) is 5. The Kier molecular flexibility index (Phi) is 8.32. The van der Waals surface area contributed by atoms with Crippen LogP contribution in [0.25, 0.3) is 0 Å². The Morgan fingerprint density at radius 3 is 2.25 bits per heavy atom. The lowest BCUT2D eigenvalue weighted by molar-refractivity contribution is -0.121. The monoisotopic (exact) mass is 336 g/mol. The van der Waals surface area contributed by atoms with E-state index in [-0.39, 0.29) is 18.4 Å². The summed E-state index contributed by atoms with van der Waals surface area (Å²) in [5.74, 6) is 0.302. The van der Waals surface area contributed by atoms with E-state index in [1.54, 1.807) is 19.1 Å². The zero-order chi connectivity index (χ0) is 17.9. The molecule has 0 radical (unpaired) electrons. The third-order valence-electron chi connectivity index (χ3n) is 2.91. The molecule has 1 aromatic carbocycles. The lowest BCUT2D eigenvalue weighted by atomic mass is 10.1. The van der Waals surface area contributed by atoms with Crippen LogP contribution in [0.4, 0.5) is 4.79 Å². The number of hydrogen-bond donors (Lipinski definition) is 2. The molecule has 0 fully saturated rings.